The van der Waals surface area contributed by atoms with Crippen molar-refractivity contribution in [3.8, 4) is 0 Å². The maximum absolute atomic E-state index is 13.1. The SMILES string of the molecule is FC(F)(F)c1nnc2n1N=C(N1CCC(c3ccc(N4C=CC=CC4)cc3)CC1)CC2. The fourth-order valence-corrected chi connectivity index (χ4v) is 4.43. The summed E-state index contributed by atoms with van der Waals surface area (Å²) in [6.45, 7) is 2.44. The molecule has 0 spiro atoms. The zero-order valence-electron chi connectivity index (χ0n) is 17.0. The number of aromatic nitrogens is 3. The molecule has 1 aromatic heterocycles. The maximum Gasteiger partial charge on any atom is 0.453 e. The predicted molar refractivity (Wildman–Crippen MR) is 112 cm³/mol. The molecule has 0 aliphatic carbocycles. The van der Waals surface area contributed by atoms with Gasteiger partial charge >= 0.3 is 6.18 Å². The molecule has 0 radical (unpaired) electrons. The van der Waals surface area contributed by atoms with Crippen LogP contribution in [0.3, 0.4) is 0 Å². The molecule has 6 nitrogen and oxygen atoms in total. The Morgan fingerprint density at radius 2 is 1.71 bits per heavy atom. The van der Waals surface area contributed by atoms with Gasteiger partial charge in [0.25, 0.3) is 5.82 Å². The van der Waals surface area contributed by atoms with E-state index >= 15 is 0 Å². The minimum atomic E-state index is -4.56. The van der Waals surface area contributed by atoms with Crippen LogP contribution in [0, 0.1) is 0 Å². The number of halogens is 3. The molecule has 3 aliphatic rings. The molecule has 31 heavy (non-hydrogen) atoms. The zero-order chi connectivity index (χ0) is 21.4. The van der Waals surface area contributed by atoms with E-state index in [1.165, 1.54) is 11.3 Å². The van der Waals surface area contributed by atoms with Crippen molar-refractivity contribution in [1.29, 1.82) is 0 Å². The lowest BCUT2D eigenvalue weighted by Gasteiger charge is -2.35. The second-order valence-electron chi connectivity index (χ2n) is 8.04. The Bertz CT molecular complexity index is 1030. The molecule has 2 aromatic rings. The van der Waals surface area contributed by atoms with Gasteiger partial charge in [-0.25, -0.2) is 0 Å². The Morgan fingerprint density at radius 1 is 0.935 bits per heavy atom. The Balaban J connectivity index is 1.24. The number of allylic oxidation sites excluding steroid dienone is 2. The van der Waals surface area contributed by atoms with E-state index in [0.29, 0.717) is 24.6 Å². The van der Waals surface area contributed by atoms with E-state index in [2.05, 4.69) is 61.6 Å². The van der Waals surface area contributed by atoms with E-state index in [0.717, 1.165) is 37.2 Å². The Hall–Kier alpha value is -3.10. The summed E-state index contributed by atoms with van der Waals surface area (Å²) in [7, 11) is 0. The van der Waals surface area contributed by atoms with Gasteiger partial charge < -0.3 is 9.80 Å². The second-order valence-corrected chi connectivity index (χ2v) is 8.04. The van der Waals surface area contributed by atoms with Gasteiger partial charge in [0.15, 0.2) is 5.82 Å². The maximum atomic E-state index is 13.1. The molecule has 0 saturated carbocycles. The highest BCUT2D eigenvalue weighted by Gasteiger charge is 2.40. The average Bonchev–Trinajstić information content (AvgIpc) is 3.24. The topological polar surface area (TPSA) is 49.6 Å². The van der Waals surface area contributed by atoms with E-state index in [9.17, 15) is 13.2 Å². The molecule has 3 aliphatic heterocycles. The van der Waals surface area contributed by atoms with Crippen molar-refractivity contribution >= 4 is 11.5 Å². The van der Waals surface area contributed by atoms with Crippen LogP contribution in [0.4, 0.5) is 18.9 Å². The predicted octanol–water partition coefficient (Wildman–Crippen LogP) is 4.17. The van der Waals surface area contributed by atoms with Gasteiger partial charge in [-0.2, -0.15) is 22.9 Å². The van der Waals surface area contributed by atoms with Gasteiger partial charge in [0.1, 0.15) is 5.84 Å². The Labute approximate surface area is 178 Å². The van der Waals surface area contributed by atoms with Crippen LogP contribution in [0.15, 0.2) is 53.8 Å². The minimum absolute atomic E-state index is 0.269. The Morgan fingerprint density at radius 3 is 2.39 bits per heavy atom. The van der Waals surface area contributed by atoms with Crippen LogP contribution >= 0.6 is 0 Å². The quantitative estimate of drug-likeness (QED) is 0.720. The molecule has 1 saturated heterocycles. The number of hydrogen-bond acceptors (Lipinski definition) is 5. The fraction of sp³-hybridized carbons (Fsp3) is 0.409. The molecule has 5 rings (SSSR count). The number of nitrogens with zero attached hydrogens (tertiary/aromatic N) is 6. The third-order valence-electron chi connectivity index (χ3n) is 6.12. The van der Waals surface area contributed by atoms with Crippen molar-refractivity contribution in [3.05, 3.63) is 65.9 Å². The monoisotopic (exact) mass is 428 g/mol. The summed E-state index contributed by atoms with van der Waals surface area (Å²) in [4.78, 5) is 4.31. The number of anilines is 1. The van der Waals surface area contributed by atoms with Gasteiger partial charge in [0.2, 0.25) is 0 Å². The lowest BCUT2D eigenvalue weighted by Crippen LogP contribution is -2.40. The molecule has 9 heteroatoms. The number of alkyl halides is 3. The summed E-state index contributed by atoms with van der Waals surface area (Å²) >= 11 is 0. The van der Waals surface area contributed by atoms with Crippen LogP contribution in [0.1, 0.15) is 42.4 Å². The third-order valence-corrected chi connectivity index (χ3v) is 6.12. The first-order valence-corrected chi connectivity index (χ1v) is 10.5. The highest BCUT2D eigenvalue weighted by atomic mass is 19.4. The third kappa shape index (κ3) is 3.96. The van der Waals surface area contributed by atoms with Crippen LogP contribution in [0.2, 0.25) is 0 Å². The molecular formula is C22H23F3N6. The van der Waals surface area contributed by atoms with E-state index in [4.69, 9.17) is 0 Å². The number of fused-ring (bicyclic) bond motifs is 1. The fourth-order valence-electron chi connectivity index (χ4n) is 4.43. The number of amidine groups is 1. The number of likely N-dealkylation sites (tertiary alicyclic amines) is 1. The van der Waals surface area contributed by atoms with E-state index in [1.54, 1.807) is 0 Å². The van der Waals surface area contributed by atoms with Gasteiger partial charge in [-0.1, -0.05) is 24.3 Å². The van der Waals surface area contributed by atoms with Gasteiger partial charge in [0.05, 0.1) is 0 Å². The van der Waals surface area contributed by atoms with Crippen molar-refractivity contribution < 1.29 is 13.2 Å². The zero-order valence-corrected chi connectivity index (χ0v) is 17.0. The minimum Gasteiger partial charge on any atom is -0.359 e. The van der Waals surface area contributed by atoms with Crippen molar-refractivity contribution in [2.75, 3.05) is 24.5 Å². The summed E-state index contributed by atoms with van der Waals surface area (Å²) in [5.74, 6) is 0.359. The highest BCUT2D eigenvalue weighted by Crippen LogP contribution is 2.32. The van der Waals surface area contributed by atoms with E-state index in [1.807, 2.05) is 12.2 Å². The summed E-state index contributed by atoms with van der Waals surface area (Å²) in [5.41, 5.74) is 2.48. The van der Waals surface area contributed by atoms with E-state index < -0.39 is 12.0 Å². The van der Waals surface area contributed by atoms with Crippen molar-refractivity contribution in [3.63, 3.8) is 0 Å². The molecule has 0 N–H and O–H groups in total. The number of piperidine rings is 1. The van der Waals surface area contributed by atoms with E-state index in [-0.39, 0.29) is 5.82 Å². The summed E-state index contributed by atoms with van der Waals surface area (Å²) in [6.07, 6.45) is 6.62. The van der Waals surface area contributed by atoms with Crippen LogP contribution in [0.5, 0.6) is 0 Å². The van der Waals surface area contributed by atoms with Crippen LogP contribution < -0.4 is 4.90 Å². The molecule has 0 bridgehead atoms. The Kier molecular flexibility index (Phi) is 5.03. The molecular weight excluding hydrogens is 405 g/mol. The molecule has 0 atom stereocenters. The highest BCUT2D eigenvalue weighted by molar-refractivity contribution is 5.83. The lowest BCUT2D eigenvalue weighted by molar-refractivity contribution is -0.147. The molecule has 4 heterocycles. The first kappa shape index (κ1) is 19.8. The van der Waals surface area contributed by atoms with Crippen molar-refractivity contribution in [2.24, 2.45) is 5.10 Å². The number of rotatable bonds is 2. The van der Waals surface area contributed by atoms with Gasteiger partial charge in [0, 0.05) is 44.4 Å². The van der Waals surface area contributed by atoms with Crippen molar-refractivity contribution in [2.45, 2.75) is 37.8 Å². The molecule has 162 valence electrons. The summed E-state index contributed by atoms with van der Waals surface area (Å²) in [5, 5.41) is 11.2. The van der Waals surface area contributed by atoms with Crippen LogP contribution in [-0.4, -0.2) is 45.2 Å². The normalized spacial score (nSPS) is 19.5. The molecule has 1 fully saturated rings. The van der Waals surface area contributed by atoms with Crippen LogP contribution in [0.25, 0.3) is 0 Å². The van der Waals surface area contributed by atoms with Gasteiger partial charge in [-0.05, 0) is 42.5 Å². The lowest BCUT2D eigenvalue weighted by atomic mass is 9.89. The number of benzene rings is 1. The average molecular weight is 428 g/mol. The second kappa shape index (κ2) is 7.86. The van der Waals surface area contributed by atoms with Crippen LogP contribution in [-0.2, 0) is 12.6 Å². The summed E-state index contributed by atoms with van der Waals surface area (Å²) in [6, 6.07) is 8.70. The summed E-state index contributed by atoms with van der Waals surface area (Å²) < 4.78 is 40.3. The first-order chi connectivity index (χ1) is 15.0. The standard InChI is InChI=1S/C22H23F3N6/c23-22(24,25)21-27-26-19-8-9-20(28-31(19)21)30-14-10-17(11-15-30)16-4-6-18(7-5-16)29-12-2-1-3-13-29/h1-7,12,17H,8-11,13-15H2. The molecule has 0 unspecified atom stereocenters. The molecule has 0 amide bonds. The first-order valence-electron chi connectivity index (χ1n) is 10.5. The number of hydrogen-bond donors (Lipinski definition) is 0. The smallest absolute Gasteiger partial charge is 0.359 e. The van der Waals surface area contributed by atoms with Gasteiger partial charge in [-0.3, -0.25) is 0 Å². The largest absolute Gasteiger partial charge is 0.453 e. The molecule has 1 aromatic carbocycles. The number of aryl methyl sites for hydroxylation is 1. The van der Waals surface area contributed by atoms with Crippen molar-refractivity contribution in [1.82, 2.24) is 19.8 Å². The van der Waals surface area contributed by atoms with Gasteiger partial charge in [-0.15, -0.1) is 10.2 Å².